The van der Waals surface area contributed by atoms with Gasteiger partial charge in [-0.15, -0.1) is 11.8 Å². The molecule has 0 aliphatic heterocycles. The van der Waals surface area contributed by atoms with Gasteiger partial charge in [-0.1, -0.05) is 29.0 Å². The monoisotopic (exact) mass is 481 g/mol. The molecule has 0 fully saturated rings. The van der Waals surface area contributed by atoms with Crippen molar-refractivity contribution in [2.75, 3.05) is 10.7 Å². The highest BCUT2D eigenvalue weighted by Crippen LogP contribution is 2.32. The minimum absolute atomic E-state index is 0.0815. The summed E-state index contributed by atoms with van der Waals surface area (Å²) in [4.78, 5) is 25.2. The molecule has 0 radical (unpaired) electrons. The molecule has 0 saturated carbocycles. The van der Waals surface area contributed by atoms with Crippen molar-refractivity contribution in [3.8, 4) is 0 Å². The number of nitrogens with zero attached hydrogens (tertiary/aromatic N) is 3. The molecular weight excluding hydrogens is 458 g/mol. The second-order valence-electron chi connectivity index (χ2n) is 7.65. The van der Waals surface area contributed by atoms with Gasteiger partial charge in [-0.3, -0.25) is 14.7 Å². The molecule has 1 amide bonds. The standard InChI is InChI=1S/C25H24ClN3OS2/c1-17-13-22-23(14-18(17)2)32-25(28-22)29(16-19-5-3-11-27-15-19)24(30)6-4-12-31-21-9-7-20(26)8-10-21/h3,5,7-11,13-15H,4,6,12,16H2,1-2H3. The summed E-state index contributed by atoms with van der Waals surface area (Å²) in [5.74, 6) is 0.949. The average Bonchev–Trinajstić information content (AvgIpc) is 3.19. The molecule has 0 aliphatic carbocycles. The molecule has 0 spiro atoms. The molecule has 32 heavy (non-hydrogen) atoms. The lowest BCUT2D eigenvalue weighted by Crippen LogP contribution is -2.30. The maximum Gasteiger partial charge on any atom is 0.229 e. The van der Waals surface area contributed by atoms with Gasteiger partial charge >= 0.3 is 0 Å². The fourth-order valence-electron chi connectivity index (χ4n) is 3.30. The van der Waals surface area contributed by atoms with Crippen LogP contribution in [0.4, 0.5) is 5.13 Å². The van der Waals surface area contributed by atoms with Crippen LogP contribution >= 0.6 is 34.7 Å². The molecule has 7 heteroatoms. The van der Waals surface area contributed by atoms with Crippen LogP contribution in [0.15, 0.2) is 65.8 Å². The highest BCUT2D eigenvalue weighted by molar-refractivity contribution is 7.99. The zero-order chi connectivity index (χ0) is 22.5. The van der Waals surface area contributed by atoms with Crippen LogP contribution in [0, 0.1) is 13.8 Å². The number of pyridine rings is 1. The van der Waals surface area contributed by atoms with Gasteiger partial charge in [0.05, 0.1) is 16.8 Å². The number of fused-ring (bicyclic) bond motifs is 1. The van der Waals surface area contributed by atoms with Crippen LogP contribution in [0.3, 0.4) is 0 Å². The van der Waals surface area contributed by atoms with E-state index in [-0.39, 0.29) is 5.91 Å². The van der Waals surface area contributed by atoms with Gasteiger partial charge in [-0.25, -0.2) is 4.98 Å². The molecule has 0 N–H and O–H groups in total. The van der Waals surface area contributed by atoms with Gasteiger partial charge in [0.2, 0.25) is 5.91 Å². The van der Waals surface area contributed by atoms with Gasteiger partial charge in [0.25, 0.3) is 0 Å². The van der Waals surface area contributed by atoms with E-state index in [0.29, 0.717) is 13.0 Å². The second kappa shape index (κ2) is 10.5. The number of rotatable bonds is 8. The third-order valence-corrected chi connectivity index (χ3v) is 7.60. The summed E-state index contributed by atoms with van der Waals surface area (Å²) in [7, 11) is 0. The third-order valence-electron chi connectivity index (χ3n) is 5.21. The van der Waals surface area contributed by atoms with Crippen LogP contribution in [-0.4, -0.2) is 21.6 Å². The quantitative estimate of drug-likeness (QED) is 0.199. The second-order valence-corrected chi connectivity index (χ2v) is 10.3. The van der Waals surface area contributed by atoms with E-state index in [1.165, 1.54) is 11.1 Å². The zero-order valence-electron chi connectivity index (χ0n) is 18.0. The Hall–Kier alpha value is -2.41. The summed E-state index contributed by atoms with van der Waals surface area (Å²) >= 11 is 9.26. The Morgan fingerprint density at radius 3 is 2.66 bits per heavy atom. The normalized spacial score (nSPS) is 11.1. The average molecular weight is 482 g/mol. The smallest absolute Gasteiger partial charge is 0.229 e. The van der Waals surface area contributed by atoms with Gasteiger partial charge < -0.3 is 0 Å². The number of thiazole rings is 1. The van der Waals surface area contributed by atoms with E-state index < -0.39 is 0 Å². The van der Waals surface area contributed by atoms with Crippen LogP contribution in [0.5, 0.6) is 0 Å². The van der Waals surface area contributed by atoms with Crippen molar-refractivity contribution < 1.29 is 4.79 Å². The van der Waals surface area contributed by atoms with E-state index in [4.69, 9.17) is 16.6 Å². The molecule has 2 aromatic carbocycles. The Bertz CT molecular complexity index is 1170. The van der Waals surface area contributed by atoms with E-state index in [9.17, 15) is 4.79 Å². The van der Waals surface area contributed by atoms with Crippen molar-refractivity contribution in [1.29, 1.82) is 0 Å². The van der Waals surface area contributed by atoms with Gasteiger partial charge in [0.1, 0.15) is 0 Å². The number of aryl methyl sites for hydroxylation is 2. The minimum atomic E-state index is 0.0815. The first-order chi connectivity index (χ1) is 15.5. The topological polar surface area (TPSA) is 46.1 Å². The lowest BCUT2D eigenvalue weighted by Gasteiger charge is -2.20. The van der Waals surface area contributed by atoms with Crippen LogP contribution in [0.1, 0.15) is 29.5 Å². The number of carbonyl (C=O) groups excluding carboxylic acids is 1. The van der Waals surface area contributed by atoms with E-state index >= 15 is 0 Å². The molecule has 0 atom stereocenters. The summed E-state index contributed by atoms with van der Waals surface area (Å²) < 4.78 is 1.10. The molecule has 0 bridgehead atoms. The highest BCUT2D eigenvalue weighted by atomic mass is 35.5. The van der Waals surface area contributed by atoms with Gasteiger partial charge in [0, 0.05) is 28.7 Å². The first-order valence-electron chi connectivity index (χ1n) is 10.4. The van der Waals surface area contributed by atoms with Gasteiger partial charge in [-0.2, -0.15) is 0 Å². The van der Waals surface area contributed by atoms with Gasteiger partial charge in [-0.05, 0) is 85.2 Å². The van der Waals surface area contributed by atoms with E-state index in [1.807, 2.05) is 36.4 Å². The first kappa shape index (κ1) is 22.8. The van der Waals surface area contributed by atoms with Gasteiger partial charge in [0.15, 0.2) is 5.13 Å². The Balaban J connectivity index is 1.48. The highest BCUT2D eigenvalue weighted by Gasteiger charge is 2.20. The number of hydrogen-bond acceptors (Lipinski definition) is 5. The number of benzene rings is 2. The molecule has 2 heterocycles. The van der Waals surface area contributed by atoms with Crippen molar-refractivity contribution in [2.24, 2.45) is 0 Å². The fourth-order valence-corrected chi connectivity index (χ4v) is 5.34. The molecule has 2 aromatic heterocycles. The van der Waals surface area contributed by atoms with Crippen molar-refractivity contribution >= 4 is 56.0 Å². The number of thioether (sulfide) groups is 1. The Morgan fingerprint density at radius 1 is 1.12 bits per heavy atom. The minimum Gasteiger partial charge on any atom is -0.284 e. The molecular formula is C25H24ClN3OS2. The number of halogens is 1. The number of carbonyl (C=O) groups is 1. The number of hydrogen-bond donors (Lipinski definition) is 0. The largest absolute Gasteiger partial charge is 0.284 e. The maximum absolute atomic E-state index is 13.3. The molecule has 164 valence electrons. The van der Waals surface area contributed by atoms with Crippen LogP contribution in [0.2, 0.25) is 5.02 Å². The SMILES string of the molecule is Cc1cc2nc(N(Cc3cccnc3)C(=O)CCCSc3ccc(Cl)cc3)sc2cc1C. The predicted molar refractivity (Wildman–Crippen MR) is 136 cm³/mol. The molecule has 0 aliphatic rings. The van der Waals surface area contributed by atoms with Crippen molar-refractivity contribution in [3.05, 3.63) is 82.6 Å². The number of aromatic nitrogens is 2. The molecule has 4 aromatic rings. The molecule has 4 rings (SSSR count). The van der Waals surface area contributed by atoms with Crippen molar-refractivity contribution in [3.63, 3.8) is 0 Å². The summed E-state index contributed by atoms with van der Waals surface area (Å²) in [6, 6.07) is 15.9. The Kier molecular flexibility index (Phi) is 7.45. The van der Waals surface area contributed by atoms with E-state index in [1.54, 1.807) is 40.4 Å². The summed E-state index contributed by atoms with van der Waals surface area (Å²) in [6.07, 6.45) is 4.80. The summed E-state index contributed by atoms with van der Waals surface area (Å²) in [5.41, 5.74) is 4.37. The lowest BCUT2D eigenvalue weighted by atomic mass is 10.1. The van der Waals surface area contributed by atoms with Crippen molar-refractivity contribution in [2.45, 2.75) is 38.1 Å². The van der Waals surface area contributed by atoms with Crippen LogP contribution in [-0.2, 0) is 11.3 Å². The third kappa shape index (κ3) is 5.68. The van der Waals surface area contributed by atoms with Crippen LogP contribution in [0.25, 0.3) is 10.2 Å². The summed E-state index contributed by atoms with van der Waals surface area (Å²) in [5, 5.41) is 1.47. The first-order valence-corrected chi connectivity index (χ1v) is 12.6. The Morgan fingerprint density at radius 2 is 1.91 bits per heavy atom. The maximum atomic E-state index is 13.3. The fraction of sp³-hybridized carbons (Fsp3) is 0.240. The van der Waals surface area contributed by atoms with Crippen LogP contribution < -0.4 is 4.90 Å². The Labute approximate surface area is 201 Å². The number of anilines is 1. The lowest BCUT2D eigenvalue weighted by molar-refractivity contribution is -0.118. The summed E-state index contributed by atoms with van der Waals surface area (Å²) in [6.45, 7) is 4.66. The molecule has 4 nitrogen and oxygen atoms in total. The predicted octanol–water partition coefficient (Wildman–Crippen LogP) is 7.07. The molecule has 0 saturated heterocycles. The zero-order valence-corrected chi connectivity index (χ0v) is 20.4. The number of amides is 1. The molecule has 0 unspecified atom stereocenters. The van der Waals surface area contributed by atoms with Crippen molar-refractivity contribution in [1.82, 2.24) is 9.97 Å². The van der Waals surface area contributed by atoms with E-state index in [0.717, 1.165) is 43.0 Å². The van der Waals surface area contributed by atoms with E-state index in [2.05, 4.69) is 31.0 Å².